The molecule has 3 heteroatoms. The minimum absolute atomic E-state index is 0.880. The molecular formula is C5H3N3. The molecule has 0 aromatic heterocycles. The Morgan fingerprint density at radius 1 is 1.38 bits per heavy atom. The molecule has 2 aliphatic heterocycles. The Kier molecular flexibility index (Phi) is 0.521. The first-order valence-corrected chi connectivity index (χ1v) is 2.31. The highest BCUT2D eigenvalue weighted by atomic mass is 15.0. The Morgan fingerprint density at radius 2 is 2.38 bits per heavy atom. The number of hydrogen-bond acceptors (Lipinski definition) is 3. The van der Waals surface area contributed by atoms with Crippen LogP contribution in [0, 0.1) is 0 Å². The van der Waals surface area contributed by atoms with Crippen LogP contribution in [0.4, 0.5) is 0 Å². The Labute approximate surface area is 46.2 Å². The summed E-state index contributed by atoms with van der Waals surface area (Å²) in [6.45, 7) is 0. The zero-order valence-electron chi connectivity index (χ0n) is 4.07. The number of allylic oxidation sites excluding steroid dienone is 1. The number of fused-ring (bicyclic) bond motifs is 1. The quantitative estimate of drug-likeness (QED) is 0.427. The molecule has 0 N–H and O–H groups in total. The van der Waals surface area contributed by atoms with Gasteiger partial charge in [-0.3, -0.25) is 4.99 Å². The van der Waals surface area contributed by atoms with Crippen molar-refractivity contribution >= 4 is 18.3 Å². The second-order valence-corrected chi connectivity index (χ2v) is 1.55. The predicted octanol–water partition coefficient (Wildman–Crippen LogP) is 0.395. The highest BCUT2D eigenvalue weighted by molar-refractivity contribution is 6.42. The van der Waals surface area contributed by atoms with Crippen LogP contribution in [0.25, 0.3) is 0 Å². The fourth-order valence-corrected chi connectivity index (χ4v) is 0.663. The smallest absolute Gasteiger partial charge is 0.117 e. The number of aliphatic imine (C=N–C) groups is 3. The standard InChI is InChI=1S/C5H3N3/c1-4-5(2-6-1)8-3-7-4/h1-3H. The molecule has 0 aromatic rings. The molecule has 0 radical (unpaired) electrons. The lowest BCUT2D eigenvalue weighted by molar-refractivity contribution is 1.47. The first kappa shape index (κ1) is 3.72. The van der Waals surface area contributed by atoms with E-state index in [4.69, 9.17) is 0 Å². The van der Waals surface area contributed by atoms with Crippen LogP contribution in [-0.4, -0.2) is 18.3 Å². The monoisotopic (exact) mass is 105 g/mol. The molecule has 0 saturated carbocycles. The summed E-state index contributed by atoms with van der Waals surface area (Å²) >= 11 is 0. The van der Waals surface area contributed by atoms with Crippen molar-refractivity contribution in [3.63, 3.8) is 0 Å². The molecule has 2 aliphatic rings. The molecule has 0 bridgehead atoms. The fourth-order valence-electron chi connectivity index (χ4n) is 0.663. The molecule has 3 nitrogen and oxygen atoms in total. The van der Waals surface area contributed by atoms with Gasteiger partial charge in [-0.1, -0.05) is 0 Å². The summed E-state index contributed by atoms with van der Waals surface area (Å²) in [7, 11) is 0. The molecule has 0 atom stereocenters. The highest BCUT2D eigenvalue weighted by Gasteiger charge is 2.09. The summed E-state index contributed by atoms with van der Waals surface area (Å²) < 4.78 is 0. The van der Waals surface area contributed by atoms with Crippen LogP contribution in [0.1, 0.15) is 0 Å². The lowest BCUT2D eigenvalue weighted by Gasteiger charge is -1.78. The molecule has 2 heterocycles. The Bertz CT molecular complexity index is 206. The molecule has 0 fully saturated rings. The van der Waals surface area contributed by atoms with Crippen molar-refractivity contribution in [2.24, 2.45) is 15.0 Å². The maximum atomic E-state index is 3.91. The zero-order chi connectivity index (χ0) is 5.40. The van der Waals surface area contributed by atoms with Gasteiger partial charge < -0.3 is 0 Å². The van der Waals surface area contributed by atoms with E-state index in [9.17, 15) is 0 Å². The zero-order valence-corrected chi connectivity index (χ0v) is 4.07. The topological polar surface area (TPSA) is 37.1 Å². The summed E-state index contributed by atoms with van der Waals surface area (Å²) in [5.74, 6) is 0. The van der Waals surface area contributed by atoms with E-state index in [0.717, 1.165) is 11.4 Å². The molecular weight excluding hydrogens is 102 g/mol. The van der Waals surface area contributed by atoms with Gasteiger partial charge in [-0.05, 0) is 0 Å². The van der Waals surface area contributed by atoms with Gasteiger partial charge in [-0.15, -0.1) is 0 Å². The molecule has 0 saturated heterocycles. The van der Waals surface area contributed by atoms with Gasteiger partial charge in [0.15, 0.2) is 0 Å². The maximum absolute atomic E-state index is 3.91. The van der Waals surface area contributed by atoms with Crippen LogP contribution in [0.2, 0.25) is 0 Å². The average molecular weight is 105 g/mol. The minimum Gasteiger partial charge on any atom is -0.260 e. The molecule has 8 heavy (non-hydrogen) atoms. The predicted molar refractivity (Wildman–Crippen MR) is 32.5 cm³/mol. The van der Waals surface area contributed by atoms with Gasteiger partial charge >= 0.3 is 0 Å². The molecule has 2 rings (SSSR count). The van der Waals surface area contributed by atoms with Crippen molar-refractivity contribution in [1.82, 2.24) is 0 Å². The summed E-state index contributed by atoms with van der Waals surface area (Å²) in [6.07, 6.45) is 4.93. The van der Waals surface area contributed by atoms with Crippen LogP contribution in [0.15, 0.2) is 26.9 Å². The van der Waals surface area contributed by atoms with Gasteiger partial charge in [0.25, 0.3) is 0 Å². The van der Waals surface area contributed by atoms with Crippen molar-refractivity contribution in [1.29, 1.82) is 0 Å². The highest BCUT2D eigenvalue weighted by Crippen LogP contribution is 2.08. The lowest BCUT2D eigenvalue weighted by Crippen LogP contribution is -1.91. The molecule has 38 valence electrons. The Balaban J connectivity index is 2.59. The van der Waals surface area contributed by atoms with Crippen molar-refractivity contribution in [3.05, 3.63) is 11.9 Å². The summed E-state index contributed by atoms with van der Waals surface area (Å²) in [5.41, 5.74) is 1.76. The average Bonchev–Trinajstić information content (AvgIpc) is 2.15. The van der Waals surface area contributed by atoms with Crippen LogP contribution in [0.5, 0.6) is 0 Å². The normalized spacial score (nSPS) is 21.0. The first-order valence-electron chi connectivity index (χ1n) is 2.31. The second kappa shape index (κ2) is 1.12. The van der Waals surface area contributed by atoms with E-state index in [1.54, 1.807) is 12.4 Å². The second-order valence-electron chi connectivity index (χ2n) is 1.55. The number of hydrogen-bond donors (Lipinski definition) is 0. The van der Waals surface area contributed by atoms with Crippen molar-refractivity contribution in [2.45, 2.75) is 0 Å². The maximum Gasteiger partial charge on any atom is 0.117 e. The van der Waals surface area contributed by atoms with E-state index in [0.29, 0.717) is 0 Å². The molecule has 0 spiro atoms. The summed E-state index contributed by atoms with van der Waals surface area (Å²) in [6, 6.07) is 0. The molecule has 0 amide bonds. The third kappa shape index (κ3) is 0.307. The number of rotatable bonds is 0. The van der Waals surface area contributed by atoms with Crippen LogP contribution < -0.4 is 0 Å². The minimum atomic E-state index is 0.880. The van der Waals surface area contributed by atoms with Crippen molar-refractivity contribution < 1.29 is 0 Å². The largest absolute Gasteiger partial charge is 0.260 e. The van der Waals surface area contributed by atoms with E-state index in [1.165, 1.54) is 6.34 Å². The van der Waals surface area contributed by atoms with Gasteiger partial charge in [0.1, 0.15) is 17.7 Å². The van der Waals surface area contributed by atoms with E-state index in [2.05, 4.69) is 15.0 Å². The third-order valence-electron chi connectivity index (χ3n) is 1.05. The Hall–Kier alpha value is -1.25. The first-order chi connectivity index (χ1) is 3.97. The van der Waals surface area contributed by atoms with Crippen molar-refractivity contribution in [2.75, 3.05) is 0 Å². The van der Waals surface area contributed by atoms with E-state index < -0.39 is 0 Å². The molecule has 0 aromatic carbocycles. The van der Waals surface area contributed by atoms with Crippen LogP contribution in [-0.2, 0) is 0 Å². The van der Waals surface area contributed by atoms with Gasteiger partial charge in [-0.25, -0.2) is 9.98 Å². The summed E-state index contributed by atoms with van der Waals surface area (Å²) in [4.78, 5) is 11.6. The lowest BCUT2D eigenvalue weighted by atomic mass is 10.4. The molecule has 0 aliphatic carbocycles. The van der Waals surface area contributed by atoms with Crippen molar-refractivity contribution in [3.8, 4) is 0 Å². The van der Waals surface area contributed by atoms with Crippen LogP contribution in [0.3, 0.4) is 0 Å². The van der Waals surface area contributed by atoms with E-state index >= 15 is 0 Å². The SMILES string of the molecule is C1=NC=C2N=CN=C12. The van der Waals surface area contributed by atoms with Gasteiger partial charge in [0, 0.05) is 0 Å². The van der Waals surface area contributed by atoms with E-state index in [1.807, 2.05) is 0 Å². The van der Waals surface area contributed by atoms with Gasteiger partial charge in [-0.2, -0.15) is 0 Å². The third-order valence-corrected chi connectivity index (χ3v) is 1.05. The van der Waals surface area contributed by atoms with E-state index in [-0.39, 0.29) is 0 Å². The van der Waals surface area contributed by atoms with Crippen LogP contribution >= 0.6 is 0 Å². The molecule has 0 unspecified atom stereocenters. The van der Waals surface area contributed by atoms with Gasteiger partial charge in [0.05, 0.1) is 12.4 Å². The fraction of sp³-hybridized carbons (Fsp3) is 0. The van der Waals surface area contributed by atoms with Gasteiger partial charge in [0.2, 0.25) is 0 Å². The number of nitrogens with zero attached hydrogens (tertiary/aromatic N) is 3. The Morgan fingerprint density at radius 3 is 3.25 bits per heavy atom. The summed E-state index contributed by atoms with van der Waals surface area (Å²) in [5, 5.41) is 0.